The first-order valence-electron chi connectivity index (χ1n) is 22.5. The number of ether oxygens (including phenoxy) is 13. The standard InChI is InChI=1S/C43H86O15/c1-2-3-4-5-6-7-8-9-10-11-12-13-14-15-17-46-19-21-48-23-25-50-27-29-52-31-33-54-35-37-56-39-41-58-42-40-57-38-36-55-34-32-53-30-28-51-26-24-49-22-20-47-18-16-43(44)45/h2-42H2,1H3,(H,44,45). The number of carbonyl (C=O) groups is 1. The van der Waals surface area contributed by atoms with E-state index in [0.29, 0.717) is 159 Å². The van der Waals surface area contributed by atoms with Gasteiger partial charge < -0.3 is 66.7 Å². The van der Waals surface area contributed by atoms with Crippen molar-refractivity contribution in [2.75, 3.05) is 172 Å². The smallest absolute Gasteiger partial charge is 0.305 e. The van der Waals surface area contributed by atoms with E-state index in [9.17, 15) is 4.79 Å². The second-order valence-corrected chi connectivity index (χ2v) is 13.7. The molecule has 0 bridgehead atoms. The zero-order valence-electron chi connectivity index (χ0n) is 36.7. The number of aliphatic carboxylic acids is 1. The van der Waals surface area contributed by atoms with E-state index in [0.717, 1.165) is 13.0 Å². The Morgan fingerprint density at radius 2 is 0.431 bits per heavy atom. The lowest BCUT2D eigenvalue weighted by molar-refractivity contribution is -0.138. The number of carboxylic acid groups (broad SMARTS) is 1. The highest BCUT2D eigenvalue weighted by molar-refractivity contribution is 5.66. The molecule has 15 nitrogen and oxygen atoms in total. The molecule has 0 saturated heterocycles. The average Bonchev–Trinajstić information content (AvgIpc) is 3.22. The Morgan fingerprint density at radius 1 is 0.259 bits per heavy atom. The van der Waals surface area contributed by atoms with Gasteiger partial charge in [-0.3, -0.25) is 4.79 Å². The topological polar surface area (TPSA) is 157 Å². The average molecular weight is 843 g/mol. The highest BCUT2D eigenvalue weighted by atomic mass is 16.6. The minimum absolute atomic E-state index is 0.00203. The molecule has 0 rings (SSSR count). The number of hydrogen-bond donors (Lipinski definition) is 1. The largest absolute Gasteiger partial charge is 0.481 e. The van der Waals surface area contributed by atoms with Crippen LogP contribution in [0.25, 0.3) is 0 Å². The van der Waals surface area contributed by atoms with Crippen molar-refractivity contribution < 1.29 is 71.5 Å². The van der Waals surface area contributed by atoms with Crippen LogP contribution in [0.15, 0.2) is 0 Å². The van der Waals surface area contributed by atoms with Gasteiger partial charge in [-0.15, -0.1) is 0 Å². The predicted molar refractivity (Wildman–Crippen MR) is 223 cm³/mol. The van der Waals surface area contributed by atoms with Crippen molar-refractivity contribution in [2.24, 2.45) is 0 Å². The van der Waals surface area contributed by atoms with Crippen LogP contribution in [0.4, 0.5) is 0 Å². The zero-order chi connectivity index (χ0) is 41.8. The summed E-state index contributed by atoms with van der Waals surface area (Å²) in [7, 11) is 0. The summed E-state index contributed by atoms with van der Waals surface area (Å²) in [5.74, 6) is -0.873. The van der Waals surface area contributed by atoms with Gasteiger partial charge in [0.15, 0.2) is 0 Å². The molecule has 0 aromatic rings. The van der Waals surface area contributed by atoms with Crippen LogP contribution in [0.3, 0.4) is 0 Å². The van der Waals surface area contributed by atoms with Crippen molar-refractivity contribution in [2.45, 2.75) is 103 Å². The van der Waals surface area contributed by atoms with E-state index in [1.165, 1.54) is 83.5 Å². The van der Waals surface area contributed by atoms with Crippen molar-refractivity contribution in [1.82, 2.24) is 0 Å². The predicted octanol–water partition coefficient (Wildman–Crippen LogP) is 6.16. The quantitative estimate of drug-likeness (QED) is 0.0695. The van der Waals surface area contributed by atoms with E-state index in [-0.39, 0.29) is 13.0 Å². The van der Waals surface area contributed by atoms with Crippen LogP contribution < -0.4 is 0 Å². The van der Waals surface area contributed by atoms with Crippen molar-refractivity contribution in [3.63, 3.8) is 0 Å². The van der Waals surface area contributed by atoms with Crippen molar-refractivity contribution in [1.29, 1.82) is 0 Å². The van der Waals surface area contributed by atoms with Crippen molar-refractivity contribution in [3.05, 3.63) is 0 Å². The van der Waals surface area contributed by atoms with Crippen LogP contribution in [0, 0.1) is 0 Å². The van der Waals surface area contributed by atoms with Crippen LogP contribution in [0.2, 0.25) is 0 Å². The first-order valence-corrected chi connectivity index (χ1v) is 22.5. The Labute approximate surface area is 351 Å². The summed E-state index contributed by atoms with van der Waals surface area (Å²) in [6, 6.07) is 0. The lowest BCUT2D eigenvalue weighted by Crippen LogP contribution is -2.15. The van der Waals surface area contributed by atoms with Gasteiger partial charge in [0, 0.05) is 6.61 Å². The molecule has 1 N–H and O–H groups in total. The Kier molecular flexibility index (Phi) is 53.0. The molecular weight excluding hydrogens is 756 g/mol. The van der Waals surface area contributed by atoms with Gasteiger partial charge in [-0.05, 0) is 6.42 Å². The van der Waals surface area contributed by atoms with Crippen LogP contribution in [-0.2, 0) is 66.4 Å². The van der Waals surface area contributed by atoms with E-state index >= 15 is 0 Å². The number of unbranched alkanes of at least 4 members (excludes halogenated alkanes) is 13. The summed E-state index contributed by atoms with van der Waals surface area (Å²) in [4.78, 5) is 10.4. The van der Waals surface area contributed by atoms with Gasteiger partial charge in [0.1, 0.15) is 0 Å². The molecule has 0 spiro atoms. The lowest BCUT2D eigenvalue weighted by atomic mass is 10.0. The first kappa shape index (κ1) is 57.0. The number of rotatable bonds is 54. The molecule has 0 aliphatic rings. The van der Waals surface area contributed by atoms with E-state index < -0.39 is 5.97 Å². The highest BCUT2D eigenvalue weighted by Crippen LogP contribution is 2.13. The van der Waals surface area contributed by atoms with Gasteiger partial charge >= 0.3 is 5.97 Å². The minimum atomic E-state index is -0.873. The summed E-state index contributed by atoms with van der Waals surface area (Å²) in [6.07, 6.45) is 19.2. The maximum atomic E-state index is 10.4. The van der Waals surface area contributed by atoms with Gasteiger partial charge in [0.05, 0.1) is 172 Å². The van der Waals surface area contributed by atoms with Crippen LogP contribution in [-0.4, -0.2) is 183 Å². The van der Waals surface area contributed by atoms with E-state index in [2.05, 4.69) is 6.92 Å². The fourth-order valence-corrected chi connectivity index (χ4v) is 5.30. The van der Waals surface area contributed by atoms with E-state index in [4.69, 9.17) is 66.7 Å². The Bertz CT molecular complexity index is 753. The third-order valence-corrected chi connectivity index (χ3v) is 8.57. The third kappa shape index (κ3) is 55.0. The van der Waals surface area contributed by atoms with Crippen LogP contribution >= 0.6 is 0 Å². The molecule has 0 aliphatic heterocycles. The van der Waals surface area contributed by atoms with Gasteiger partial charge in [-0.2, -0.15) is 0 Å². The molecule has 0 saturated carbocycles. The van der Waals surface area contributed by atoms with Gasteiger partial charge in [-0.1, -0.05) is 90.4 Å². The SMILES string of the molecule is CCCCCCCCCCCCCCCCOCCOCCOCCOCCOCCOCCOCCOCCOCCOCCOCCOCCOCCC(=O)O. The summed E-state index contributed by atoms with van der Waals surface area (Å²) in [6.45, 7) is 15.4. The molecule has 0 radical (unpaired) electrons. The second-order valence-electron chi connectivity index (χ2n) is 13.7. The molecule has 0 fully saturated rings. The Hall–Kier alpha value is -1.05. The first-order chi connectivity index (χ1) is 28.8. The molecule has 348 valence electrons. The molecule has 15 heteroatoms. The monoisotopic (exact) mass is 843 g/mol. The van der Waals surface area contributed by atoms with Gasteiger partial charge in [0.25, 0.3) is 0 Å². The van der Waals surface area contributed by atoms with Crippen molar-refractivity contribution in [3.8, 4) is 0 Å². The van der Waals surface area contributed by atoms with Crippen molar-refractivity contribution >= 4 is 5.97 Å². The summed E-state index contributed by atoms with van der Waals surface area (Å²) in [5, 5.41) is 8.51. The lowest BCUT2D eigenvalue weighted by Gasteiger charge is -2.09. The molecule has 0 amide bonds. The molecule has 58 heavy (non-hydrogen) atoms. The second kappa shape index (κ2) is 54.0. The molecule has 0 aromatic heterocycles. The summed E-state index contributed by atoms with van der Waals surface area (Å²) < 4.78 is 71.1. The minimum Gasteiger partial charge on any atom is -0.481 e. The molecule has 0 aliphatic carbocycles. The maximum Gasteiger partial charge on any atom is 0.305 e. The molecule has 0 heterocycles. The maximum absolute atomic E-state index is 10.4. The summed E-state index contributed by atoms with van der Waals surface area (Å²) in [5.41, 5.74) is 0. The highest BCUT2D eigenvalue weighted by Gasteiger charge is 1.99. The number of carboxylic acids is 1. The number of hydrogen-bond acceptors (Lipinski definition) is 14. The molecule has 0 aromatic carbocycles. The molecular formula is C43H86O15. The van der Waals surface area contributed by atoms with Gasteiger partial charge in [-0.25, -0.2) is 0 Å². The Morgan fingerprint density at radius 3 is 0.638 bits per heavy atom. The van der Waals surface area contributed by atoms with Crippen LogP contribution in [0.1, 0.15) is 103 Å². The summed E-state index contributed by atoms with van der Waals surface area (Å²) >= 11 is 0. The Balaban J connectivity index is 3.06. The zero-order valence-corrected chi connectivity index (χ0v) is 36.7. The van der Waals surface area contributed by atoms with Gasteiger partial charge in [0.2, 0.25) is 0 Å². The van der Waals surface area contributed by atoms with Crippen LogP contribution in [0.5, 0.6) is 0 Å². The molecule has 0 atom stereocenters. The third-order valence-electron chi connectivity index (χ3n) is 8.57. The normalized spacial score (nSPS) is 11.6. The molecule has 0 unspecified atom stereocenters. The fraction of sp³-hybridized carbons (Fsp3) is 0.977. The van der Waals surface area contributed by atoms with E-state index in [1.807, 2.05) is 0 Å². The fourth-order valence-electron chi connectivity index (χ4n) is 5.30. The van der Waals surface area contributed by atoms with E-state index in [1.54, 1.807) is 0 Å².